The maximum absolute atomic E-state index is 10.2. The van der Waals surface area contributed by atoms with E-state index >= 15 is 0 Å². The molecule has 0 heterocycles. The van der Waals surface area contributed by atoms with Crippen LogP contribution in [-0.4, -0.2) is 11.2 Å². The third-order valence-corrected chi connectivity index (χ3v) is 4.48. The third-order valence-electron chi connectivity index (χ3n) is 4.14. The van der Waals surface area contributed by atoms with E-state index in [2.05, 4.69) is 6.07 Å². The van der Waals surface area contributed by atoms with Crippen LogP contribution in [0.2, 0.25) is 5.02 Å². The fourth-order valence-electron chi connectivity index (χ4n) is 3.44. The summed E-state index contributed by atoms with van der Waals surface area (Å²) in [7, 11) is 0. The number of aliphatic hydroxyl groups is 1. The molecule has 0 radical (unpaired) electrons. The number of hydrogen-bond acceptors (Lipinski definition) is 1. The third kappa shape index (κ3) is 1.41. The molecule has 0 spiro atoms. The van der Waals surface area contributed by atoms with Crippen LogP contribution in [0.15, 0.2) is 24.3 Å². The van der Waals surface area contributed by atoms with E-state index in [0.29, 0.717) is 11.8 Å². The molecule has 3 rings (SSSR count). The monoisotopic (exact) mass is 222 g/mol. The van der Waals surface area contributed by atoms with E-state index in [1.807, 2.05) is 18.2 Å². The lowest BCUT2D eigenvalue weighted by Gasteiger charge is -2.28. The number of benzene rings is 1. The topological polar surface area (TPSA) is 20.2 Å². The molecular formula is C13H15ClO. The van der Waals surface area contributed by atoms with E-state index in [1.54, 1.807) is 0 Å². The molecule has 0 amide bonds. The second kappa shape index (κ2) is 3.50. The molecule has 2 aliphatic rings. The van der Waals surface area contributed by atoms with Gasteiger partial charge in [0.15, 0.2) is 0 Å². The second-order valence-electron chi connectivity index (χ2n) is 4.87. The minimum Gasteiger partial charge on any atom is -0.392 e. The van der Waals surface area contributed by atoms with Crippen LogP contribution in [0.3, 0.4) is 0 Å². The molecule has 0 saturated heterocycles. The molecular weight excluding hydrogens is 208 g/mol. The molecule has 2 heteroatoms. The highest BCUT2D eigenvalue weighted by Gasteiger charge is 2.47. The first-order valence-corrected chi connectivity index (χ1v) is 6.07. The predicted octanol–water partition coefficient (Wildman–Crippen LogP) is 3.21. The van der Waals surface area contributed by atoms with Crippen LogP contribution >= 0.6 is 11.6 Å². The predicted molar refractivity (Wildman–Crippen MR) is 61.0 cm³/mol. The van der Waals surface area contributed by atoms with E-state index in [-0.39, 0.29) is 12.0 Å². The molecule has 1 nitrogen and oxygen atoms in total. The van der Waals surface area contributed by atoms with Crippen LogP contribution in [0, 0.1) is 11.8 Å². The van der Waals surface area contributed by atoms with Crippen molar-refractivity contribution in [2.24, 2.45) is 11.8 Å². The molecule has 1 aromatic rings. The Labute approximate surface area is 95.1 Å². The fourth-order valence-corrected chi connectivity index (χ4v) is 3.71. The Balaban J connectivity index is 1.98. The molecule has 0 aliphatic heterocycles. The van der Waals surface area contributed by atoms with Crippen LogP contribution in [0.5, 0.6) is 0 Å². The van der Waals surface area contributed by atoms with Gasteiger partial charge in [-0.15, -0.1) is 0 Å². The Kier molecular flexibility index (Phi) is 2.26. The first-order chi connectivity index (χ1) is 7.27. The molecule has 4 unspecified atom stereocenters. The standard InChI is InChI=1S/C13H15ClO/c14-11-4-2-1-3-10(11)12-8-5-6-9(7-8)13(12)15/h1-4,8-9,12-13,15H,5-7H2. The normalized spacial score (nSPS) is 38.5. The Morgan fingerprint density at radius 3 is 2.53 bits per heavy atom. The first kappa shape index (κ1) is 9.68. The summed E-state index contributed by atoms with van der Waals surface area (Å²) in [5, 5.41) is 11.0. The quantitative estimate of drug-likeness (QED) is 0.774. The zero-order chi connectivity index (χ0) is 10.4. The van der Waals surface area contributed by atoms with Gasteiger partial charge in [-0.25, -0.2) is 0 Å². The maximum Gasteiger partial charge on any atom is 0.0640 e. The molecule has 2 bridgehead atoms. The van der Waals surface area contributed by atoms with Gasteiger partial charge < -0.3 is 5.11 Å². The Morgan fingerprint density at radius 1 is 1.13 bits per heavy atom. The largest absolute Gasteiger partial charge is 0.392 e. The van der Waals surface area contributed by atoms with E-state index in [0.717, 1.165) is 10.6 Å². The zero-order valence-electron chi connectivity index (χ0n) is 8.57. The lowest BCUT2D eigenvalue weighted by atomic mass is 9.81. The zero-order valence-corrected chi connectivity index (χ0v) is 9.32. The van der Waals surface area contributed by atoms with Crippen LogP contribution in [0.1, 0.15) is 30.7 Å². The van der Waals surface area contributed by atoms with Gasteiger partial charge in [0.1, 0.15) is 0 Å². The van der Waals surface area contributed by atoms with Gasteiger partial charge in [-0.2, -0.15) is 0 Å². The summed E-state index contributed by atoms with van der Waals surface area (Å²) in [5.74, 6) is 1.47. The minimum atomic E-state index is -0.163. The van der Waals surface area contributed by atoms with Crippen molar-refractivity contribution < 1.29 is 5.11 Å². The van der Waals surface area contributed by atoms with Crippen molar-refractivity contribution in [3.05, 3.63) is 34.9 Å². The minimum absolute atomic E-state index is 0.163. The van der Waals surface area contributed by atoms with Crippen LogP contribution in [0.25, 0.3) is 0 Å². The number of aliphatic hydroxyl groups excluding tert-OH is 1. The molecule has 1 aromatic carbocycles. The van der Waals surface area contributed by atoms with E-state index in [9.17, 15) is 5.11 Å². The number of rotatable bonds is 1. The van der Waals surface area contributed by atoms with Crippen molar-refractivity contribution in [2.75, 3.05) is 0 Å². The van der Waals surface area contributed by atoms with Gasteiger partial charge in [0, 0.05) is 10.9 Å². The van der Waals surface area contributed by atoms with E-state index in [1.165, 1.54) is 19.3 Å². The Hall–Kier alpha value is -0.530. The summed E-state index contributed by atoms with van der Waals surface area (Å²) in [5.41, 5.74) is 1.15. The summed E-state index contributed by atoms with van der Waals surface area (Å²) in [6.07, 6.45) is 3.49. The van der Waals surface area contributed by atoms with E-state index in [4.69, 9.17) is 11.6 Å². The molecule has 15 heavy (non-hydrogen) atoms. The number of hydrogen-bond donors (Lipinski definition) is 1. The van der Waals surface area contributed by atoms with Crippen LogP contribution < -0.4 is 0 Å². The van der Waals surface area contributed by atoms with Crippen molar-refractivity contribution in [2.45, 2.75) is 31.3 Å². The van der Waals surface area contributed by atoms with Gasteiger partial charge in [0.2, 0.25) is 0 Å². The van der Waals surface area contributed by atoms with Crippen LogP contribution in [-0.2, 0) is 0 Å². The van der Waals surface area contributed by atoms with E-state index < -0.39 is 0 Å². The molecule has 0 aromatic heterocycles. The van der Waals surface area contributed by atoms with Crippen molar-refractivity contribution >= 4 is 11.6 Å². The van der Waals surface area contributed by atoms with Crippen LogP contribution in [0.4, 0.5) is 0 Å². The number of fused-ring (bicyclic) bond motifs is 2. The van der Waals surface area contributed by atoms with Gasteiger partial charge in [-0.3, -0.25) is 0 Å². The molecule has 2 aliphatic carbocycles. The highest BCUT2D eigenvalue weighted by atomic mass is 35.5. The fraction of sp³-hybridized carbons (Fsp3) is 0.538. The SMILES string of the molecule is OC1C2CCC(C2)C1c1ccccc1Cl. The summed E-state index contributed by atoms with van der Waals surface area (Å²) in [6, 6.07) is 7.96. The molecule has 1 N–H and O–H groups in total. The molecule has 4 atom stereocenters. The van der Waals surface area contributed by atoms with Gasteiger partial charge in [-0.05, 0) is 42.7 Å². The summed E-state index contributed by atoms with van der Waals surface area (Å²) in [4.78, 5) is 0. The van der Waals surface area contributed by atoms with Gasteiger partial charge >= 0.3 is 0 Å². The Morgan fingerprint density at radius 2 is 1.87 bits per heavy atom. The first-order valence-electron chi connectivity index (χ1n) is 5.70. The molecule has 2 fully saturated rings. The highest BCUT2D eigenvalue weighted by molar-refractivity contribution is 6.31. The van der Waals surface area contributed by atoms with Gasteiger partial charge in [0.05, 0.1) is 6.10 Å². The summed E-state index contributed by atoms with van der Waals surface area (Å²) in [6.45, 7) is 0. The lowest BCUT2D eigenvalue weighted by molar-refractivity contribution is 0.0923. The number of halogens is 1. The lowest BCUT2D eigenvalue weighted by Crippen LogP contribution is -2.25. The molecule has 80 valence electrons. The average Bonchev–Trinajstić information content (AvgIpc) is 2.80. The van der Waals surface area contributed by atoms with Crippen molar-refractivity contribution in [3.8, 4) is 0 Å². The van der Waals surface area contributed by atoms with Gasteiger partial charge in [-0.1, -0.05) is 29.8 Å². The highest BCUT2D eigenvalue weighted by Crippen LogP contribution is 2.53. The van der Waals surface area contributed by atoms with Gasteiger partial charge in [0.25, 0.3) is 0 Å². The summed E-state index contributed by atoms with van der Waals surface area (Å²) < 4.78 is 0. The average molecular weight is 223 g/mol. The van der Waals surface area contributed by atoms with Crippen molar-refractivity contribution in [1.29, 1.82) is 0 Å². The van der Waals surface area contributed by atoms with Crippen molar-refractivity contribution in [1.82, 2.24) is 0 Å². The molecule has 2 saturated carbocycles. The van der Waals surface area contributed by atoms with Crippen molar-refractivity contribution in [3.63, 3.8) is 0 Å². The second-order valence-corrected chi connectivity index (χ2v) is 5.28. The maximum atomic E-state index is 10.2. The Bertz CT molecular complexity index is 375. The summed E-state index contributed by atoms with van der Waals surface area (Å²) >= 11 is 6.20. The smallest absolute Gasteiger partial charge is 0.0640 e.